The maximum Gasteiger partial charge on any atom is 0.283 e. The zero-order chi connectivity index (χ0) is 14.6. The summed E-state index contributed by atoms with van der Waals surface area (Å²) >= 11 is 0. The normalized spacial score (nSPS) is 11.2. The lowest BCUT2D eigenvalue weighted by Crippen LogP contribution is -2.00. The Morgan fingerprint density at radius 3 is 2.25 bits per heavy atom. The summed E-state index contributed by atoms with van der Waals surface area (Å²) < 4.78 is 24.2. The largest absolute Gasteiger partial charge is 0.283 e. The van der Waals surface area contributed by atoms with E-state index in [9.17, 15) is 18.5 Å². The molecular formula is C13H11NO4S2. The molecule has 0 aliphatic rings. The van der Waals surface area contributed by atoms with Crippen LogP contribution < -0.4 is 0 Å². The lowest BCUT2D eigenvalue weighted by Gasteiger charge is -2.04. The van der Waals surface area contributed by atoms with Crippen LogP contribution in [0.15, 0.2) is 59.5 Å². The van der Waals surface area contributed by atoms with Crippen LogP contribution in [0.3, 0.4) is 0 Å². The van der Waals surface area contributed by atoms with Crippen LogP contribution in [-0.4, -0.2) is 13.3 Å². The molecule has 0 amide bonds. The van der Waals surface area contributed by atoms with E-state index < -0.39 is 13.8 Å². The van der Waals surface area contributed by atoms with Crippen molar-refractivity contribution in [2.75, 3.05) is 0 Å². The Morgan fingerprint density at radius 2 is 1.60 bits per heavy atom. The van der Waals surface area contributed by atoms with Gasteiger partial charge in [0.25, 0.3) is 5.69 Å². The average Bonchev–Trinajstić information content (AvgIpc) is 2.39. The maximum atomic E-state index is 12.1. The van der Waals surface area contributed by atoms with E-state index in [1.54, 1.807) is 36.4 Å². The van der Waals surface area contributed by atoms with Crippen molar-refractivity contribution in [1.29, 1.82) is 0 Å². The topological polar surface area (TPSA) is 77.3 Å². The van der Waals surface area contributed by atoms with Gasteiger partial charge in [0.1, 0.15) is 4.90 Å². The zero-order valence-corrected chi connectivity index (χ0v) is 11.9. The number of benzene rings is 2. The molecule has 20 heavy (non-hydrogen) atoms. The first-order chi connectivity index (χ1) is 9.48. The molecule has 0 atom stereocenters. The van der Waals surface area contributed by atoms with Crippen molar-refractivity contribution in [3.63, 3.8) is 0 Å². The van der Waals surface area contributed by atoms with E-state index in [1.165, 1.54) is 18.2 Å². The summed E-state index contributed by atoms with van der Waals surface area (Å²) in [4.78, 5) is 10.4. The monoisotopic (exact) mass is 309 g/mol. The van der Waals surface area contributed by atoms with E-state index in [2.05, 4.69) is 0 Å². The second-order valence-electron chi connectivity index (χ2n) is 4.00. The Bertz CT molecular complexity index is 714. The first-order valence-electron chi connectivity index (χ1n) is 5.67. The molecule has 2 rings (SSSR count). The molecular weight excluding hydrogens is 298 g/mol. The lowest BCUT2D eigenvalue weighted by molar-refractivity contribution is -0.387. The predicted molar refractivity (Wildman–Crippen MR) is 78.0 cm³/mol. The van der Waals surface area contributed by atoms with Gasteiger partial charge < -0.3 is 0 Å². The summed E-state index contributed by atoms with van der Waals surface area (Å²) in [6.07, 6.45) is 0. The third kappa shape index (κ3) is 3.82. The molecule has 0 aliphatic carbocycles. The van der Waals surface area contributed by atoms with Gasteiger partial charge in [0.2, 0.25) is 8.87 Å². The molecule has 0 aliphatic heterocycles. The van der Waals surface area contributed by atoms with Crippen LogP contribution in [0, 0.1) is 10.1 Å². The Morgan fingerprint density at radius 1 is 1.00 bits per heavy atom. The Hall–Kier alpha value is -1.86. The molecule has 5 nitrogen and oxygen atoms in total. The van der Waals surface area contributed by atoms with Crippen molar-refractivity contribution in [3.8, 4) is 0 Å². The second kappa shape index (κ2) is 6.06. The van der Waals surface area contributed by atoms with Crippen LogP contribution >= 0.6 is 10.8 Å². The minimum Gasteiger partial charge on any atom is -0.258 e. The van der Waals surface area contributed by atoms with Crippen molar-refractivity contribution in [3.05, 3.63) is 70.3 Å². The van der Waals surface area contributed by atoms with E-state index in [4.69, 9.17) is 0 Å². The third-order valence-electron chi connectivity index (χ3n) is 2.46. The van der Waals surface area contributed by atoms with Gasteiger partial charge in [-0.05, 0) is 11.6 Å². The van der Waals surface area contributed by atoms with E-state index in [0.717, 1.165) is 0 Å². The molecule has 104 valence electrons. The van der Waals surface area contributed by atoms with Gasteiger partial charge in [-0.2, -0.15) is 0 Å². The fraction of sp³-hybridized carbons (Fsp3) is 0.0769. The van der Waals surface area contributed by atoms with Gasteiger partial charge in [0.15, 0.2) is 0 Å². The van der Waals surface area contributed by atoms with Gasteiger partial charge in [-0.1, -0.05) is 42.5 Å². The lowest BCUT2D eigenvalue weighted by atomic mass is 10.2. The van der Waals surface area contributed by atoms with Crippen molar-refractivity contribution in [2.24, 2.45) is 0 Å². The minimum absolute atomic E-state index is 0.133. The summed E-state index contributed by atoms with van der Waals surface area (Å²) in [5.41, 5.74) is 0.452. The fourth-order valence-corrected chi connectivity index (χ4v) is 4.75. The Labute approximate surface area is 120 Å². The summed E-state index contributed by atoms with van der Waals surface area (Å²) in [7, 11) is -3.01. The molecule has 7 heteroatoms. The predicted octanol–water partition coefficient (Wildman–Crippen LogP) is 3.22. The summed E-state index contributed by atoms with van der Waals surface area (Å²) in [6.45, 7) is 0. The number of hydrogen-bond donors (Lipinski definition) is 0. The van der Waals surface area contributed by atoms with Crippen LogP contribution in [0.2, 0.25) is 0 Å². The molecule has 0 bridgehead atoms. The highest BCUT2D eigenvalue weighted by molar-refractivity contribution is 8.71. The number of nitro groups is 1. The van der Waals surface area contributed by atoms with Crippen molar-refractivity contribution < 1.29 is 13.3 Å². The van der Waals surface area contributed by atoms with Gasteiger partial charge in [0, 0.05) is 16.9 Å². The van der Waals surface area contributed by atoms with Crippen molar-refractivity contribution in [1.82, 2.24) is 0 Å². The molecule has 0 heterocycles. The van der Waals surface area contributed by atoms with E-state index in [0.29, 0.717) is 16.4 Å². The van der Waals surface area contributed by atoms with Gasteiger partial charge >= 0.3 is 0 Å². The molecule has 2 aromatic rings. The van der Waals surface area contributed by atoms with E-state index >= 15 is 0 Å². The van der Waals surface area contributed by atoms with E-state index in [1.807, 2.05) is 0 Å². The van der Waals surface area contributed by atoms with E-state index in [-0.39, 0.29) is 16.3 Å². The molecule has 0 radical (unpaired) electrons. The molecule has 0 unspecified atom stereocenters. The van der Waals surface area contributed by atoms with Crippen molar-refractivity contribution in [2.45, 2.75) is 10.6 Å². The number of hydrogen-bond acceptors (Lipinski definition) is 5. The quantitative estimate of drug-likeness (QED) is 0.481. The molecule has 0 fully saturated rings. The third-order valence-corrected chi connectivity index (χ3v) is 5.58. The number of nitro benzene ring substituents is 1. The fourth-order valence-electron chi connectivity index (χ4n) is 1.62. The maximum absolute atomic E-state index is 12.1. The summed E-state index contributed by atoms with van der Waals surface area (Å²) in [5.74, 6) is -0.162. The number of rotatable bonds is 5. The SMILES string of the molecule is O=[N+]([O-])c1ccccc1SS(=O)(=O)Cc1ccccc1. The standard InChI is InChI=1S/C13H11NO4S2/c15-14(16)12-8-4-5-9-13(12)19-20(17,18)10-11-6-2-1-3-7-11/h1-9H,10H2. The molecule has 0 spiro atoms. The first-order valence-corrected chi connectivity index (χ1v) is 8.66. The van der Waals surface area contributed by atoms with Gasteiger partial charge in [0.05, 0.1) is 10.7 Å². The highest BCUT2D eigenvalue weighted by Crippen LogP contribution is 2.34. The van der Waals surface area contributed by atoms with Crippen molar-refractivity contribution >= 4 is 25.4 Å². The molecule has 0 N–H and O–H groups in total. The molecule has 2 aromatic carbocycles. The average molecular weight is 309 g/mol. The first kappa shape index (κ1) is 14.5. The number of para-hydroxylation sites is 1. The van der Waals surface area contributed by atoms with Crippen LogP contribution in [0.5, 0.6) is 0 Å². The van der Waals surface area contributed by atoms with Crippen LogP contribution in [0.1, 0.15) is 5.56 Å². The van der Waals surface area contributed by atoms with Crippen LogP contribution in [0.4, 0.5) is 5.69 Å². The minimum atomic E-state index is -3.53. The second-order valence-corrected chi connectivity index (χ2v) is 8.03. The van der Waals surface area contributed by atoms with Crippen LogP contribution in [-0.2, 0) is 14.6 Å². The van der Waals surface area contributed by atoms with Gasteiger partial charge in [-0.3, -0.25) is 10.1 Å². The summed E-state index contributed by atoms with van der Waals surface area (Å²) in [5, 5.41) is 10.9. The smallest absolute Gasteiger partial charge is 0.258 e. The molecule has 0 saturated heterocycles. The van der Waals surface area contributed by atoms with Gasteiger partial charge in [-0.25, -0.2) is 8.42 Å². The Balaban J connectivity index is 2.23. The Kier molecular flexibility index (Phi) is 4.41. The zero-order valence-electron chi connectivity index (χ0n) is 10.3. The molecule has 0 saturated carbocycles. The number of nitrogens with zero attached hydrogens (tertiary/aromatic N) is 1. The van der Waals surface area contributed by atoms with Gasteiger partial charge in [-0.15, -0.1) is 0 Å². The van der Waals surface area contributed by atoms with Crippen LogP contribution in [0.25, 0.3) is 0 Å². The molecule has 0 aromatic heterocycles. The summed E-state index contributed by atoms with van der Waals surface area (Å²) in [6, 6.07) is 14.5. The highest BCUT2D eigenvalue weighted by Gasteiger charge is 2.21. The highest BCUT2D eigenvalue weighted by atomic mass is 33.1.